The Morgan fingerprint density at radius 1 is 1.40 bits per heavy atom. The molecule has 0 aliphatic rings. The molecule has 6 nitrogen and oxygen atoms in total. The van der Waals surface area contributed by atoms with Gasteiger partial charge >= 0.3 is 6.03 Å². The zero-order valence-corrected chi connectivity index (χ0v) is 11.5. The van der Waals surface area contributed by atoms with Crippen LogP contribution in [0.3, 0.4) is 0 Å². The zero-order chi connectivity index (χ0) is 15.2. The predicted molar refractivity (Wildman–Crippen MR) is 75.3 cm³/mol. The van der Waals surface area contributed by atoms with Crippen LogP contribution < -0.4 is 16.4 Å². The van der Waals surface area contributed by atoms with Crippen molar-refractivity contribution >= 4 is 17.6 Å². The minimum Gasteiger partial charge on any atom is -0.409 e. The van der Waals surface area contributed by atoms with E-state index in [0.717, 1.165) is 0 Å². The van der Waals surface area contributed by atoms with Gasteiger partial charge in [-0.25, -0.2) is 9.18 Å². The Kier molecular flexibility index (Phi) is 5.31. The average Bonchev–Trinajstić information content (AvgIpc) is 2.46. The molecular formula is C13H19FN4O2. The van der Waals surface area contributed by atoms with Crippen LogP contribution in [0.2, 0.25) is 0 Å². The fourth-order valence-electron chi connectivity index (χ4n) is 1.88. The zero-order valence-electron chi connectivity index (χ0n) is 11.5. The third kappa shape index (κ3) is 3.37. The van der Waals surface area contributed by atoms with Crippen molar-refractivity contribution in [1.29, 1.82) is 0 Å². The first-order valence-corrected chi connectivity index (χ1v) is 6.30. The van der Waals surface area contributed by atoms with Crippen LogP contribution >= 0.6 is 0 Å². The number of nitrogens with two attached hydrogens (primary N) is 1. The molecular weight excluding hydrogens is 263 g/mol. The SMILES string of the molecule is CCC(CC)(NC(=O)Nc1ccccc1F)/C(N)=N/O. The summed E-state index contributed by atoms with van der Waals surface area (Å²) >= 11 is 0. The number of hydrogen-bond donors (Lipinski definition) is 4. The van der Waals surface area contributed by atoms with E-state index in [-0.39, 0.29) is 11.5 Å². The molecule has 0 unspecified atom stereocenters. The standard InChI is InChI=1S/C13H19FN4O2/c1-3-13(4-2,11(15)18-20)17-12(19)16-10-8-6-5-7-9(10)14/h5-8,20H,3-4H2,1-2H3,(H2,15,18)(H2,16,17,19). The van der Waals surface area contributed by atoms with Gasteiger partial charge in [0.1, 0.15) is 11.4 Å². The number of amidine groups is 1. The summed E-state index contributed by atoms with van der Waals surface area (Å²) in [6.07, 6.45) is 0.869. The van der Waals surface area contributed by atoms with E-state index >= 15 is 0 Å². The second kappa shape index (κ2) is 6.74. The summed E-state index contributed by atoms with van der Waals surface area (Å²) in [4.78, 5) is 11.9. The Morgan fingerprint density at radius 3 is 2.50 bits per heavy atom. The summed E-state index contributed by atoms with van der Waals surface area (Å²) in [5.41, 5.74) is 4.72. The molecule has 20 heavy (non-hydrogen) atoms. The van der Waals surface area contributed by atoms with Crippen LogP contribution in [-0.4, -0.2) is 22.6 Å². The lowest BCUT2D eigenvalue weighted by Crippen LogP contribution is -2.57. The van der Waals surface area contributed by atoms with Gasteiger partial charge in [-0.15, -0.1) is 0 Å². The molecule has 1 aromatic carbocycles. The van der Waals surface area contributed by atoms with E-state index in [1.165, 1.54) is 18.2 Å². The first kappa shape index (κ1) is 15.7. The largest absolute Gasteiger partial charge is 0.409 e. The number of para-hydroxylation sites is 1. The molecule has 2 amide bonds. The molecule has 0 heterocycles. The number of nitrogens with one attached hydrogen (secondary N) is 2. The number of carbonyl (C=O) groups is 1. The number of anilines is 1. The number of carbonyl (C=O) groups excluding carboxylic acids is 1. The number of amides is 2. The van der Waals surface area contributed by atoms with E-state index in [2.05, 4.69) is 15.8 Å². The Balaban J connectivity index is 2.85. The molecule has 5 N–H and O–H groups in total. The Labute approximate surface area is 116 Å². The molecule has 110 valence electrons. The number of rotatable bonds is 5. The van der Waals surface area contributed by atoms with E-state index in [4.69, 9.17) is 10.9 Å². The van der Waals surface area contributed by atoms with E-state index in [0.29, 0.717) is 12.8 Å². The first-order valence-electron chi connectivity index (χ1n) is 6.30. The molecule has 0 aliphatic heterocycles. The molecule has 1 rings (SSSR count). The van der Waals surface area contributed by atoms with Crippen molar-refractivity contribution in [2.24, 2.45) is 10.9 Å². The lowest BCUT2D eigenvalue weighted by atomic mass is 9.91. The van der Waals surface area contributed by atoms with Crippen molar-refractivity contribution < 1.29 is 14.4 Å². The maximum absolute atomic E-state index is 13.4. The van der Waals surface area contributed by atoms with Crippen LogP contribution in [0, 0.1) is 5.82 Å². The van der Waals surface area contributed by atoms with E-state index in [1.54, 1.807) is 19.9 Å². The second-order valence-electron chi connectivity index (χ2n) is 4.33. The molecule has 1 aromatic rings. The lowest BCUT2D eigenvalue weighted by Gasteiger charge is -2.31. The average molecular weight is 282 g/mol. The highest BCUT2D eigenvalue weighted by Gasteiger charge is 2.33. The summed E-state index contributed by atoms with van der Waals surface area (Å²) < 4.78 is 13.4. The van der Waals surface area contributed by atoms with Gasteiger partial charge in [0, 0.05) is 0 Å². The fourth-order valence-corrected chi connectivity index (χ4v) is 1.88. The van der Waals surface area contributed by atoms with Gasteiger partial charge in [-0.05, 0) is 25.0 Å². The Hall–Kier alpha value is -2.31. The van der Waals surface area contributed by atoms with E-state index in [1.807, 2.05) is 0 Å². The highest BCUT2D eigenvalue weighted by molar-refractivity contribution is 5.97. The minimum absolute atomic E-state index is 0.0608. The summed E-state index contributed by atoms with van der Waals surface area (Å²) in [6.45, 7) is 3.59. The maximum atomic E-state index is 13.4. The highest BCUT2D eigenvalue weighted by atomic mass is 19.1. The molecule has 0 aliphatic carbocycles. The van der Waals surface area contributed by atoms with Gasteiger partial charge in [0.25, 0.3) is 0 Å². The minimum atomic E-state index is -0.968. The maximum Gasteiger partial charge on any atom is 0.320 e. The van der Waals surface area contributed by atoms with Crippen molar-refractivity contribution in [2.45, 2.75) is 32.2 Å². The molecule has 0 saturated heterocycles. The van der Waals surface area contributed by atoms with E-state index < -0.39 is 17.4 Å². The third-order valence-corrected chi connectivity index (χ3v) is 3.28. The van der Waals surface area contributed by atoms with Crippen molar-refractivity contribution in [1.82, 2.24) is 5.32 Å². The van der Waals surface area contributed by atoms with Gasteiger partial charge in [-0.1, -0.05) is 31.1 Å². The molecule has 0 spiro atoms. The fraction of sp³-hybridized carbons (Fsp3) is 0.385. The smallest absolute Gasteiger partial charge is 0.320 e. The normalized spacial score (nSPS) is 12.1. The predicted octanol–water partition coefficient (Wildman–Crippen LogP) is 2.25. The van der Waals surface area contributed by atoms with Gasteiger partial charge in [0.15, 0.2) is 5.84 Å². The number of oxime groups is 1. The molecule has 0 saturated carbocycles. The highest BCUT2D eigenvalue weighted by Crippen LogP contribution is 2.17. The number of halogens is 1. The first-order chi connectivity index (χ1) is 9.49. The van der Waals surface area contributed by atoms with Crippen LogP contribution in [0.1, 0.15) is 26.7 Å². The van der Waals surface area contributed by atoms with Crippen LogP contribution in [0.15, 0.2) is 29.4 Å². The quantitative estimate of drug-likeness (QED) is 0.288. The second-order valence-corrected chi connectivity index (χ2v) is 4.33. The molecule has 0 aromatic heterocycles. The summed E-state index contributed by atoms with van der Waals surface area (Å²) in [5.74, 6) is -0.628. The Bertz CT molecular complexity index is 501. The van der Waals surface area contributed by atoms with Crippen molar-refractivity contribution in [3.05, 3.63) is 30.1 Å². The van der Waals surface area contributed by atoms with Crippen molar-refractivity contribution in [3.8, 4) is 0 Å². The summed E-state index contributed by atoms with van der Waals surface area (Å²) in [7, 11) is 0. The lowest BCUT2D eigenvalue weighted by molar-refractivity contribution is 0.241. The molecule has 0 radical (unpaired) electrons. The summed E-state index contributed by atoms with van der Waals surface area (Å²) in [6, 6.07) is 5.20. The van der Waals surface area contributed by atoms with Gasteiger partial charge in [0.2, 0.25) is 0 Å². The van der Waals surface area contributed by atoms with Crippen LogP contribution in [-0.2, 0) is 0 Å². The topological polar surface area (TPSA) is 99.7 Å². The van der Waals surface area contributed by atoms with Crippen LogP contribution in [0.5, 0.6) is 0 Å². The van der Waals surface area contributed by atoms with Gasteiger partial charge < -0.3 is 21.6 Å². The molecule has 7 heteroatoms. The Morgan fingerprint density at radius 2 is 2.00 bits per heavy atom. The van der Waals surface area contributed by atoms with Gasteiger partial charge in [-0.2, -0.15) is 0 Å². The van der Waals surface area contributed by atoms with Gasteiger partial charge in [0.05, 0.1) is 5.69 Å². The van der Waals surface area contributed by atoms with Crippen molar-refractivity contribution in [2.75, 3.05) is 5.32 Å². The molecule has 0 fully saturated rings. The summed E-state index contributed by atoms with van der Waals surface area (Å²) in [5, 5.41) is 16.8. The van der Waals surface area contributed by atoms with Crippen molar-refractivity contribution in [3.63, 3.8) is 0 Å². The molecule has 0 atom stereocenters. The number of benzene rings is 1. The molecule has 0 bridgehead atoms. The van der Waals surface area contributed by atoms with Gasteiger partial charge in [-0.3, -0.25) is 0 Å². The number of hydrogen-bond acceptors (Lipinski definition) is 3. The van der Waals surface area contributed by atoms with Crippen LogP contribution in [0.4, 0.5) is 14.9 Å². The number of nitrogens with zero attached hydrogens (tertiary/aromatic N) is 1. The number of urea groups is 1. The monoisotopic (exact) mass is 282 g/mol. The van der Waals surface area contributed by atoms with E-state index in [9.17, 15) is 9.18 Å². The van der Waals surface area contributed by atoms with Crippen LogP contribution in [0.25, 0.3) is 0 Å². The third-order valence-electron chi connectivity index (χ3n) is 3.28.